The van der Waals surface area contributed by atoms with E-state index in [4.69, 9.17) is 5.73 Å². The lowest BCUT2D eigenvalue weighted by molar-refractivity contribution is 0.325. The molecule has 0 fully saturated rings. The van der Waals surface area contributed by atoms with E-state index in [2.05, 4.69) is 25.1 Å². The van der Waals surface area contributed by atoms with Gasteiger partial charge in [-0.05, 0) is 44.2 Å². The van der Waals surface area contributed by atoms with Gasteiger partial charge in [-0.25, -0.2) is 0 Å². The molecule has 1 heterocycles. The number of nitrogens with two attached hydrogens (primary N) is 1. The van der Waals surface area contributed by atoms with E-state index in [1.54, 1.807) is 11.9 Å². The van der Waals surface area contributed by atoms with Crippen LogP contribution in [0, 0.1) is 0 Å². The number of rotatable bonds is 0. The molecule has 0 bridgehead atoms. The van der Waals surface area contributed by atoms with Gasteiger partial charge in [0, 0.05) is 5.54 Å². The van der Waals surface area contributed by atoms with E-state index >= 15 is 0 Å². The summed E-state index contributed by atoms with van der Waals surface area (Å²) in [4.78, 5) is 0. The molecule has 0 saturated heterocycles. The summed E-state index contributed by atoms with van der Waals surface area (Å²) in [5.41, 5.74) is 5.87. The van der Waals surface area contributed by atoms with Crippen molar-refractivity contribution in [1.82, 2.24) is 4.31 Å². The first-order valence-corrected chi connectivity index (χ1v) is 4.45. The highest BCUT2D eigenvalue weighted by Gasteiger charge is 2.22. The van der Waals surface area contributed by atoms with Crippen LogP contribution >= 0.6 is 11.9 Å². The van der Waals surface area contributed by atoms with Crippen molar-refractivity contribution in [2.75, 3.05) is 0 Å². The topological polar surface area (TPSA) is 29.3 Å². The predicted molar refractivity (Wildman–Crippen MR) is 50.6 cm³/mol. The Morgan fingerprint density at radius 1 is 1.45 bits per heavy atom. The summed E-state index contributed by atoms with van der Waals surface area (Å²) in [7, 11) is 0. The van der Waals surface area contributed by atoms with Crippen molar-refractivity contribution in [3.8, 4) is 0 Å². The maximum Gasteiger partial charge on any atom is 0.109 e. The number of hydrogen-bond acceptors (Lipinski definition) is 3. The molecule has 0 spiro atoms. The van der Waals surface area contributed by atoms with Gasteiger partial charge in [0.05, 0.1) is 0 Å². The molecule has 0 aromatic carbocycles. The molecule has 1 aliphatic heterocycles. The monoisotopic (exact) mass is 170 g/mol. The second-order valence-corrected chi connectivity index (χ2v) is 4.34. The third kappa shape index (κ3) is 1.93. The van der Waals surface area contributed by atoms with Crippen molar-refractivity contribution in [2.45, 2.75) is 26.3 Å². The molecule has 2 N–H and O–H groups in total. The van der Waals surface area contributed by atoms with Crippen LogP contribution in [0.1, 0.15) is 20.8 Å². The SMILES string of the molecule is CC(C)(C)N1SC=CC=C1N. The minimum atomic E-state index is 0.0933. The summed E-state index contributed by atoms with van der Waals surface area (Å²) in [5.74, 6) is 0.824. The molecule has 0 radical (unpaired) electrons. The van der Waals surface area contributed by atoms with Gasteiger partial charge in [0.25, 0.3) is 0 Å². The van der Waals surface area contributed by atoms with Crippen LogP contribution in [0.3, 0.4) is 0 Å². The summed E-state index contributed by atoms with van der Waals surface area (Å²) in [5, 5.41) is 2.03. The Bertz CT molecular complexity index is 201. The maximum absolute atomic E-state index is 5.78. The fourth-order valence-corrected chi connectivity index (χ4v) is 1.68. The molecule has 0 amide bonds. The zero-order chi connectivity index (χ0) is 8.48. The lowest BCUT2D eigenvalue weighted by Gasteiger charge is -2.36. The van der Waals surface area contributed by atoms with Gasteiger partial charge in [-0.3, -0.25) is 4.31 Å². The second-order valence-electron chi connectivity index (χ2n) is 3.49. The summed E-state index contributed by atoms with van der Waals surface area (Å²) < 4.78 is 2.09. The fourth-order valence-electron chi connectivity index (χ4n) is 0.908. The zero-order valence-corrected chi connectivity index (χ0v) is 7.98. The molecule has 3 heteroatoms. The summed E-state index contributed by atoms with van der Waals surface area (Å²) in [6.07, 6.45) is 3.88. The Morgan fingerprint density at radius 2 is 2.09 bits per heavy atom. The normalized spacial score (nSPS) is 18.5. The lowest BCUT2D eigenvalue weighted by atomic mass is 10.1. The highest BCUT2D eigenvalue weighted by Crippen LogP contribution is 2.29. The van der Waals surface area contributed by atoms with Crippen LogP contribution in [-0.2, 0) is 0 Å². The molecular weight excluding hydrogens is 156 g/mol. The summed E-state index contributed by atoms with van der Waals surface area (Å²) >= 11 is 1.64. The lowest BCUT2D eigenvalue weighted by Crippen LogP contribution is -2.38. The molecule has 1 rings (SSSR count). The molecule has 11 heavy (non-hydrogen) atoms. The van der Waals surface area contributed by atoms with Crippen molar-refractivity contribution in [1.29, 1.82) is 0 Å². The highest BCUT2D eigenvalue weighted by molar-refractivity contribution is 8.00. The van der Waals surface area contributed by atoms with Gasteiger partial charge in [0.1, 0.15) is 5.82 Å². The number of nitrogens with zero attached hydrogens (tertiary/aromatic N) is 1. The largest absolute Gasteiger partial charge is 0.385 e. The first kappa shape index (κ1) is 8.53. The zero-order valence-electron chi connectivity index (χ0n) is 7.16. The van der Waals surface area contributed by atoms with Gasteiger partial charge in [-0.1, -0.05) is 6.08 Å². The predicted octanol–water partition coefficient (Wildman–Crippen LogP) is 2.06. The molecule has 0 saturated carbocycles. The Hall–Kier alpha value is -0.570. The van der Waals surface area contributed by atoms with Crippen LogP contribution in [0.15, 0.2) is 23.4 Å². The Morgan fingerprint density at radius 3 is 2.45 bits per heavy atom. The Labute approximate surface area is 72.3 Å². The molecule has 2 nitrogen and oxygen atoms in total. The fraction of sp³-hybridized carbons (Fsp3) is 0.500. The Balaban J connectivity index is 2.76. The molecule has 1 aliphatic rings. The smallest absolute Gasteiger partial charge is 0.109 e. The third-order valence-electron chi connectivity index (χ3n) is 1.36. The van der Waals surface area contributed by atoms with Crippen molar-refractivity contribution < 1.29 is 0 Å². The van der Waals surface area contributed by atoms with E-state index in [9.17, 15) is 0 Å². The van der Waals surface area contributed by atoms with E-state index in [-0.39, 0.29) is 5.54 Å². The van der Waals surface area contributed by atoms with Gasteiger partial charge in [-0.2, -0.15) is 0 Å². The van der Waals surface area contributed by atoms with E-state index in [1.165, 1.54) is 0 Å². The average Bonchev–Trinajstić information content (AvgIpc) is 1.86. The highest BCUT2D eigenvalue weighted by atomic mass is 32.2. The van der Waals surface area contributed by atoms with Crippen LogP contribution in [0.4, 0.5) is 0 Å². The van der Waals surface area contributed by atoms with Crippen LogP contribution in [0.25, 0.3) is 0 Å². The molecule has 0 unspecified atom stereocenters. The average molecular weight is 170 g/mol. The quantitative estimate of drug-likeness (QED) is 0.564. The minimum Gasteiger partial charge on any atom is -0.385 e. The molecule has 0 atom stereocenters. The van der Waals surface area contributed by atoms with Gasteiger partial charge in [0.15, 0.2) is 0 Å². The molecule has 0 aromatic heterocycles. The van der Waals surface area contributed by atoms with Crippen LogP contribution in [0.2, 0.25) is 0 Å². The standard InChI is InChI=1S/C8H14N2S/c1-8(2,3)10-7(9)5-4-6-11-10/h4-6H,9H2,1-3H3. The minimum absolute atomic E-state index is 0.0933. The van der Waals surface area contributed by atoms with Gasteiger partial charge >= 0.3 is 0 Å². The van der Waals surface area contributed by atoms with Crippen LogP contribution in [-0.4, -0.2) is 9.84 Å². The molecular formula is C8H14N2S. The van der Waals surface area contributed by atoms with Crippen molar-refractivity contribution in [3.05, 3.63) is 23.4 Å². The molecule has 0 aliphatic carbocycles. The summed E-state index contributed by atoms with van der Waals surface area (Å²) in [6.45, 7) is 6.42. The third-order valence-corrected chi connectivity index (χ3v) is 2.60. The van der Waals surface area contributed by atoms with E-state index in [0.29, 0.717) is 0 Å². The van der Waals surface area contributed by atoms with Crippen LogP contribution < -0.4 is 5.73 Å². The number of allylic oxidation sites excluding steroid dienone is 2. The van der Waals surface area contributed by atoms with Gasteiger partial charge in [-0.15, -0.1) is 0 Å². The van der Waals surface area contributed by atoms with Crippen molar-refractivity contribution in [3.63, 3.8) is 0 Å². The van der Waals surface area contributed by atoms with Gasteiger partial charge in [0.2, 0.25) is 0 Å². The molecule has 62 valence electrons. The van der Waals surface area contributed by atoms with E-state index in [1.807, 2.05) is 17.6 Å². The Kier molecular flexibility index (Phi) is 2.18. The van der Waals surface area contributed by atoms with E-state index in [0.717, 1.165) is 5.82 Å². The van der Waals surface area contributed by atoms with E-state index < -0.39 is 0 Å². The summed E-state index contributed by atoms with van der Waals surface area (Å²) in [6, 6.07) is 0. The first-order chi connectivity index (χ1) is 5.02. The van der Waals surface area contributed by atoms with Crippen molar-refractivity contribution >= 4 is 11.9 Å². The van der Waals surface area contributed by atoms with Crippen molar-refractivity contribution in [2.24, 2.45) is 5.73 Å². The first-order valence-electron chi connectivity index (χ1n) is 3.61. The van der Waals surface area contributed by atoms with Gasteiger partial charge < -0.3 is 5.73 Å². The number of hydrogen-bond donors (Lipinski definition) is 1. The maximum atomic E-state index is 5.78. The molecule has 0 aromatic rings. The van der Waals surface area contributed by atoms with Crippen LogP contribution in [0.5, 0.6) is 0 Å². The second kappa shape index (κ2) is 2.81.